The molecule has 78 valence electrons. The molecule has 6 nitrogen and oxygen atoms in total. The molecule has 0 aromatic carbocycles. The van der Waals surface area contributed by atoms with Gasteiger partial charge in [0.15, 0.2) is 5.69 Å². The molecule has 0 amide bonds. The van der Waals surface area contributed by atoms with Gasteiger partial charge in [0.2, 0.25) is 0 Å². The number of hydrogen-bond acceptors (Lipinski definition) is 4. The van der Waals surface area contributed by atoms with Crippen LogP contribution in [-0.4, -0.2) is 26.8 Å². The summed E-state index contributed by atoms with van der Waals surface area (Å²) in [6.07, 6.45) is -0.811. The molecule has 1 aromatic rings. The third-order valence-electron chi connectivity index (χ3n) is 1.56. The van der Waals surface area contributed by atoms with E-state index in [0.717, 1.165) is 0 Å². The quantitative estimate of drug-likeness (QED) is 0.564. The van der Waals surface area contributed by atoms with Gasteiger partial charge in [-0.1, -0.05) is 5.10 Å². The van der Waals surface area contributed by atoms with Crippen LogP contribution >= 0.6 is 0 Å². The smallest absolute Gasteiger partial charge is 0.343 e. The van der Waals surface area contributed by atoms with E-state index in [0.29, 0.717) is 6.07 Å². The Morgan fingerprint density at radius 2 is 2.36 bits per heavy atom. The van der Waals surface area contributed by atoms with E-state index in [4.69, 9.17) is 5.11 Å². The van der Waals surface area contributed by atoms with Crippen LogP contribution in [0.1, 0.15) is 12.1 Å². The number of aromatic nitrogens is 2. The predicted octanol–water partition coefficient (Wildman–Crippen LogP) is 0.792. The predicted molar refractivity (Wildman–Crippen MR) is 40.8 cm³/mol. The number of nitrogens with zero attached hydrogens (tertiary/aromatic N) is 2. The van der Waals surface area contributed by atoms with Gasteiger partial charge >= 0.3 is 5.82 Å². The van der Waals surface area contributed by atoms with Crippen LogP contribution in [0, 0.1) is 10.1 Å². The van der Waals surface area contributed by atoms with Crippen LogP contribution in [0.3, 0.4) is 0 Å². The first-order chi connectivity index (χ1) is 6.47. The maximum absolute atomic E-state index is 13.0. The van der Waals surface area contributed by atoms with Crippen molar-refractivity contribution in [2.24, 2.45) is 0 Å². The van der Waals surface area contributed by atoms with Crippen molar-refractivity contribution in [3.05, 3.63) is 21.9 Å². The van der Waals surface area contributed by atoms with Crippen molar-refractivity contribution < 1.29 is 18.8 Å². The summed E-state index contributed by atoms with van der Waals surface area (Å²) >= 11 is 0. The Morgan fingerprint density at radius 1 is 1.71 bits per heavy atom. The topological polar surface area (TPSA) is 92.1 Å². The van der Waals surface area contributed by atoms with Crippen LogP contribution in [0.5, 0.6) is 0 Å². The lowest BCUT2D eigenvalue weighted by Crippen LogP contribution is -2.15. The van der Waals surface area contributed by atoms with Crippen LogP contribution in [0.2, 0.25) is 0 Å². The summed E-state index contributed by atoms with van der Waals surface area (Å²) in [6, 6.07) is 0.648. The van der Waals surface area contributed by atoms with E-state index in [1.54, 1.807) is 0 Å². The fourth-order valence-electron chi connectivity index (χ4n) is 0.861. The Kier molecular flexibility index (Phi) is 2.75. The molecule has 8 heteroatoms. The number of nitro groups is 1. The van der Waals surface area contributed by atoms with Crippen molar-refractivity contribution in [1.82, 2.24) is 10.2 Å². The Morgan fingerprint density at radius 3 is 2.79 bits per heavy atom. The van der Waals surface area contributed by atoms with E-state index in [1.807, 2.05) is 5.10 Å². The molecule has 1 heterocycles. The van der Waals surface area contributed by atoms with E-state index in [-0.39, 0.29) is 0 Å². The van der Waals surface area contributed by atoms with Crippen molar-refractivity contribution in [2.45, 2.75) is 12.3 Å². The number of alkyl halides is 2. The Bertz CT molecular complexity index is 339. The maximum atomic E-state index is 13.0. The first kappa shape index (κ1) is 10.5. The van der Waals surface area contributed by atoms with E-state index >= 15 is 0 Å². The third-order valence-corrected chi connectivity index (χ3v) is 1.56. The highest BCUT2D eigenvalue weighted by Gasteiger charge is 2.35. The second-order valence-electron chi connectivity index (χ2n) is 2.57. The number of aliphatic hydroxyl groups is 1. The molecule has 1 aromatic heterocycles. The second kappa shape index (κ2) is 3.66. The minimum absolute atomic E-state index is 0.599. The molecule has 0 saturated heterocycles. The summed E-state index contributed by atoms with van der Waals surface area (Å²) < 4.78 is 25.9. The second-order valence-corrected chi connectivity index (χ2v) is 2.57. The molecular formula is C6H7F2N3O3. The Labute approximate surface area is 76.7 Å². The zero-order valence-electron chi connectivity index (χ0n) is 6.91. The van der Waals surface area contributed by atoms with E-state index in [1.165, 1.54) is 0 Å². The van der Waals surface area contributed by atoms with E-state index in [2.05, 4.69) is 5.10 Å². The standard InChI is InChI=1S/C6H7F2N3O3/c7-6(8,1-2-12)4-3-5(10-9-4)11(13)14/h3,12H,1-2H2,(H,9,10). The van der Waals surface area contributed by atoms with Crippen molar-refractivity contribution in [1.29, 1.82) is 0 Å². The third kappa shape index (κ3) is 2.02. The van der Waals surface area contributed by atoms with Gasteiger partial charge in [-0.2, -0.15) is 8.78 Å². The summed E-state index contributed by atoms with van der Waals surface area (Å²) in [5, 5.41) is 23.4. The number of nitrogens with one attached hydrogen (secondary N) is 1. The van der Waals surface area contributed by atoms with Crippen molar-refractivity contribution in [3.63, 3.8) is 0 Å². The molecule has 0 atom stereocenters. The normalized spacial score (nSPS) is 11.6. The van der Waals surface area contributed by atoms with Crippen LogP contribution in [0.25, 0.3) is 0 Å². The molecule has 0 aliphatic heterocycles. The van der Waals surface area contributed by atoms with Crippen LogP contribution in [0.15, 0.2) is 6.07 Å². The van der Waals surface area contributed by atoms with Crippen LogP contribution < -0.4 is 0 Å². The number of rotatable bonds is 4. The fraction of sp³-hybridized carbons (Fsp3) is 0.500. The molecule has 2 N–H and O–H groups in total. The molecule has 0 bridgehead atoms. The van der Waals surface area contributed by atoms with Crippen LogP contribution in [0.4, 0.5) is 14.6 Å². The summed E-state index contributed by atoms with van der Waals surface area (Å²) in [6.45, 7) is -0.715. The highest BCUT2D eigenvalue weighted by molar-refractivity contribution is 5.23. The Balaban J connectivity index is 2.90. The van der Waals surface area contributed by atoms with Crippen molar-refractivity contribution in [3.8, 4) is 0 Å². The minimum atomic E-state index is -3.35. The number of H-pyrrole nitrogens is 1. The zero-order chi connectivity index (χ0) is 10.8. The van der Waals surface area contributed by atoms with E-state index in [9.17, 15) is 18.9 Å². The van der Waals surface area contributed by atoms with Gasteiger partial charge < -0.3 is 15.2 Å². The van der Waals surface area contributed by atoms with Gasteiger partial charge in [-0.05, 0) is 4.92 Å². The summed E-state index contributed by atoms with van der Waals surface area (Å²) in [7, 11) is 0. The van der Waals surface area contributed by atoms with Crippen LogP contribution in [-0.2, 0) is 5.92 Å². The number of aromatic amines is 1. The zero-order valence-corrected chi connectivity index (χ0v) is 6.91. The van der Waals surface area contributed by atoms with Gasteiger partial charge in [-0.15, -0.1) is 5.10 Å². The highest BCUT2D eigenvalue weighted by Crippen LogP contribution is 2.31. The first-order valence-corrected chi connectivity index (χ1v) is 3.66. The molecule has 0 aliphatic rings. The lowest BCUT2D eigenvalue weighted by atomic mass is 10.2. The molecule has 1 rings (SSSR count). The number of aliphatic hydroxyl groups excluding tert-OH is 1. The van der Waals surface area contributed by atoms with Gasteiger partial charge in [0.25, 0.3) is 5.92 Å². The fourth-order valence-corrected chi connectivity index (χ4v) is 0.861. The monoisotopic (exact) mass is 207 g/mol. The average Bonchev–Trinajstić information content (AvgIpc) is 2.51. The van der Waals surface area contributed by atoms with E-state index < -0.39 is 35.4 Å². The van der Waals surface area contributed by atoms with Gasteiger partial charge in [-0.3, -0.25) is 0 Å². The molecule has 0 unspecified atom stereocenters. The molecule has 0 spiro atoms. The summed E-state index contributed by atoms with van der Waals surface area (Å²) in [5.41, 5.74) is -0.738. The largest absolute Gasteiger partial charge is 0.396 e. The number of halogens is 2. The average molecular weight is 207 g/mol. The maximum Gasteiger partial charge on any atom is 0.343 e. The van der Waals surface area contributed by atoms with Gasteiger partial charge in [0.1, 0.15) is 0 Å². The molecule has 0 radical (unpaired) electrons. The van der Waals surface area contributed by atoms with Gasteiger partial charge in [0.05, 0.1) is 6.07 Å². The Hall–Kier alpha value is -1.57. The summed E-state index contributed by atoms with van der Waals surface area (Å²) in [4.78, 5) is 9.28. The molecule has 0 aliphatic carbocycles. The highest BCUT2D eigenvalue weighted by atomic mass is 19.3. The lowest BCUT2D eigenvalue weighted by molar-refractivity contribution is -0.389. The van der Waals surface area contributed by atoms with Crippen molar-refractivity contribution in [2.75, 3.05) is 6.61 Å². The minimum Gasteiger partial charge on any atom is -0.396 e. The molecule has 0 saturated carbocycles. The first-order valence-electron chi connectivity index (χ1n) is 3.66. The van der Waals surface area contributed by atoms with Gasteiger partial charge in [-0.25, -0.2) is 0 Å². The number of hydrogen-bond donors (Lipinski definition) is 2. The molecule has 0 fully saturated rings. The SMILES string of the molecule is O=[N+]([O-])c1cc(C(F)(F)CCO)n[nH]1. The summed E-state index contributed by atoms with van der Waals surface area (Å²) in [5.74, 6) is -3.95. The molecule has 14 heavy (non-hydrogen) atoms. The lowest BCUT2D eigenvalue weighted by Gasteiger charge is -2.09. The van der Waals surface area contributed by atoms with Crippen molar-refractivity contribution >= 4 is 5.82 Å². The van der Waals surface area contributed by atoms with Gasteiger partial charge in [0, 0.05) is 13.0 Å². The molecular weight excluding hydrogens is 200 g/mol.